The van der Waals surface area contributed by atoms with E-state index in [2.05, 4.69) is 4.99 Å². The summed E-state index contributed by atoms with van der Waals surface area (Å²) in [5.41, 5.74) is 3.66. The summed E-state index contributed by atoms with van der Waals surface area (Å²) < 4.78 is 5.90. The number of thioether (sulfide) groups is 1. The van der Waals surface area contributed by atoms with E-state index in [1.54, 1.807) is 11.0 Å². The number of nitrogens with one attached hydrogen (secondary N) is 1. The van der Waals surface area contributed by atoms with Gasteiger partial charge in [0, 0.05) is 16.0 Å². The Morgan fingerprint density at radius 1 is 1.03 bits per heavy atom. The van der Waals surface area contributed by atoms with Crippen LogP contribution in [0.4, 0.5) is 0 Å². The maximum atomic E-state index is 12.7. The Labute approximate surface area is 200 Å². The number of benzene rings is 3. The van der Waals surface area contributed by atoms with Crippen LogP contribution in [0.15, 0.2) is 94.8 Å². The Morgan fingerprint density at radius 3 is 2.64 bits per heavy atom. The molecule has 5 nitrogen and oxygen atoms in total. The van der Waals surface area contributed by atoms with Crippen molar-refractivity contribution in [1.82, 2.24) is 4.90 Å². The van der Waals surface area contributed by atoms with Crippen LogP contribution in [0.2, 0.25) is 5.02 Å². The van der Waals surface area contributed by atoms with Gasteiger partial charge in [0.1, 0.15) is 18.2 Å². The van der Waals surface area contributed by atoms with Crippen molar-refractivity contribution < 1.29 is 9.53 Å². The van der Waals surface area contributed by atoms with Gasteiger partial charge in [-0.05, 0) is 35.4 Å². The van der Waals surface area contributed by atoms with Gasteiger partial charge in [0.15, 0.2) is 5.17 Å². The standard InChI is InChI=1S/C26H18ClN3O2S/c27-22-12-5-4-10-19(22)15-32-20-11-6-7-17(13-20)14-21-24(28)30-23(18-8-2-1-3-9-18)16-33-26(30)29-25(21)31/h1-14,16,28H,15H2. The van der Waals surface area contributed by atoms with E-state index in [0.29, 0.717) is 22.5 Å². The van der Waals surface area contributed by atoms with E-state index in [9.17, 15) is 4.79 Å². The number of hydrogen-bond acceptors (Lipinski definition) is 4. The number of carbonyl (C=O) groups excluding carboxylic acids is 1. The van der Waals surface area contributed by atoms with Crippen molar-refractivity contribution in [2.24, 2.45) is 4.99 Å². The number of hydrogen-bond donors (Lipinski definition) is 1. The molecule has 1 N–H and O–H groups in total. The van der Waals surface area contributed by atoms with Gasteiger partial charge >= 0.3 is 0 Å². The molecule has 7 heteroatoms. The summed E-state index contributed by atoms with van der Waals surface area (Å²) in [5.74, 6) is 0.321. The monoisotopic (exact) mass is 471 g/mol. The summed E-state index contributed by atoms with van der Waals surface area (Å²) >= 11 is 7.56. The zero-order valence-corrected chi connectivity index (χ0v) is 18.9. The molecule has 0 unspecified atom stereocenters. The quantitative estimate of drug-likeness (QED) is 0.448. The fraction of sp³-hybridized carbons (Fsp3) is 0.0385. The van der Waals surface area contributed by atoms with Crippen LogP contribution in [0.5, 0.6) is 5.75 Å². The van der Waals surface area contributed by atoms with Crippen LogP contribution < -0.4 is 4.74 Å². The van der Waals surface area contributed by atoms with Gasteiger partial charge in [0.05, 0.1) is 11.3 Å². The SMILES string of the molecule is N=C1C(=Cc2cccc(OCc3ccccc3Cl)c2)C(=O)N=C2SC=C(c3ccccc3)N12. The first kappa shape index (κ1) is 21.2. The minimum atomic E-state index is -0.427. The first-order chi connectivity index (χ1) is 16.1. The van der Waals surface area contributed by atoms with Crippen molar-refractivity contribution in [2.75, 3.05) is 0 Å². The predicted molar refractivity (Wildman–Crippen MR) is 134 cm³/mol. The molecule has 0 atom stereocenters. The second-order valence-corrected chi connectivity index (χ2v) is 8.62. The first-order valence-corrected chi connectivity index (χ1v) is 11.5. The highest BCUT2D eigenvalue weighted by atomic mass is 35.5. The first-order valence-electron chi connectivity index (χ1n) is 10.2. The molecule has 0 saturated heterocycles. The lowest BCUT2D eigenvalue weighted by molar-refractivity contribution is -0.114. The summed E-state index contributed by atoms with van der Waals surface area (Å²) in [5, 5.41) is 11.8. The Kier molecular flexibility index (Phi) is 5.86. The van der Waals surface area contributed by atoms with E-state index < -0.39 is 5.91 Å². The minimum Gasteiger partial charge on any atom is -0.489 e. The Balaban J connectivity index is 1.40. The van der Waals surface area contributed by atoms with E-state index in [4.69, 9.17) is 21.7 Å². The molecular weight excluding hydrogens is 454 g/mol. The van der Waals surface area contributed by atoms with Crippen molar-refractivity contribution in [1.29, 1.82) is 5.41 Å². The van der Waals surface area contributed by atoms with E-state index >= 15 is 0 Å². The maximum absolute atomic E-state index is 12.7. The van der Waals surface area contributed by atoms with Gasteiger partial charge in [-0.1, -0.05) is 84.0 Å². The highest BCUT2D eigenvalue weighted by Crippen LogP contribution is 2.37. The summed E-state index contributed by atoms with van der Waals surface area (Å²) in [6.07, 6.45) is 1.68. The minimum absolute atomic E-state index is 0.104. The topological polar surface area (TPSA) is 65.8 Å². The van der Waals surface area contributed by atoms with Crippen molar-refractivity contribution >= 4 is 52.0 Å². The Hall–Kier alpha value is -3.61. The third kappa shape index (κ3) is 4.35. The largest absolute Gasteiger partial charge is 0.489 e. The molecule has 0 spiro atoms. The molecule has 0 fully saturated rings. The fourth-order valence-corrected chi connectivity index (χ4v) is 4.63. The molecule has 3 aromatic rings. The van der Waals surface area contributed by atoms with Crippen LogP contribution in [0.25, 0.3) is 11.8 Å². The summed E-state index contributed by atoms with van der Waals surface area (Å²) in [6, 6.07) is 24.7. The third-order valence-corrected chi connectivity index (χ3v) is 6.40. The molecule has 0 aromatic heterocycles. The molecule has 0 radical (unpaired) electrons. The number of carbonyl (C=O) groups is 1. The van der Waals surface area contributed by atoms with E-state index in [-0.39, 0.29) is 11.4 Å². The van der Waals surface area contributed by atoms with Crippen molar-refractivity contribution in [3.05, 3.63) is 112 Å². The van der Waals surface area contributed by atoms with E-state index in [1.165, 1.54) is 11.8 Å². The average Bonchev–Trinajstić information content (AvgIpc) is 3.26. The molecule has 0 aliphatic carbocycles. The zero-order valence-electron chi connectivity index (χ0n) is 17.4. The van der Waals surface area contributed by atoms with Crippen LogP contribution in [-0.2, 0) is 11.4 Å². The van der Waals surface area contributed by atoms with E-state index in [1.807, 2.05) is 84.3 Å². The zero-order chi connectivity index (χ0) is 22.8. The van der Waals surface area contributed by atoms with Gasteiger partial charge in [0.2, 0.25) is 0 Å². The number of amidine groups is 2. The molecule has 2 heterocycles. The number of ether oxygens (including phenoxy) is 1. The number of rotatable bonds is 5. The van der Waals surface area contributed by atoms with Crippen LogP contribution in [0.3, 0.4) is 0 Å². The molecule has 2 aliphatic heterocycles. The average molecular weight is 472 g/mol. The number of nitrogens with zero attached hydrogens (tertiary/aromatic N) is 2. The number of amides is 1. The van der Waals surface area contributed by atoms with Crippen LogP contribution >= 0.6 is 23.4 Å². The van der Waals surface area contributed by atoms with Gasteiger partial charge in [-0.25, -0.2) is 0 Å². The normalized spacial score (nSPS) is 16.5. The van der Waals surface area contributed by atoms with Crippen molar-refractivity contribution in [3.63, 3.8) is 0 Å². The van der Waals surface area contributed by atoms with E-state index in [0.717, 1.165) is 22.4 Å². The van der Waals surface area contributed by atoms with Gasteiger partial charge < -0.3 is 4.74 Å². The molecule has 1 amide bonds. The van der Waals surface area contributed by atoms with Crippen LogP contribution in [0.1, 0.15) is 16.7 Å². The van der Waals surface area contributed by atoms with Gasteiger partial charge in [-0.15, -0.1) is 0 Å². The van der Waals surface area contributed by atoms with Crippen molar-refractivity contribution in [2.45, 2.75) is 6.61 Å². The summed E-state index contributed by atoms with van der Waals surface area (Å²) in [7, 11) is 0. The molecule has 162 valence electrons. The highest BCUT2D eigenvalue weighted by Gasteiger charge is 2.36. The smallest absolute Gasteiger partial charge is 0.283 e. The maximum Gasteiger partial charge on any atom is 0.283 e. The second-order valence-electron chi connectivity index (χ2n) is 7.38. The lowest BCUT2D eigenvalue weighted by atomic mass is 10.1. The Morgan fingerprint density at radius 2 is 1.82 bits per heavy atom. The summed E-state index contributed by atoms with van der Waals surface area (Å²) in [4.78, 5) is 18.7. The molecule has 0 bridgehead atoms. The molecule has 2 aliphatic rings. The Bertz CT molecular complexity index is 1350. The van der Waals surface area contributed by atoms with Crippen molar-refractivity contribution in [3.8, 4) is 5.75 Å². The predicted octanol–water partition coefficient (Wildman–Crippen LogP) is 6.22. The van der Waals surface area contributed by atoms with Gasteiger partial charge in [-0.2, -0.15) is 4.99 Å². The highest BCUT2D eigenvalue weighted by molar-refractivity contribution is 8.17. The lowest BCUT2D eigenvalue weighted by Gasteiger charge is -2.26. The number of aliphatic imine (C=N–C) groups is 1. The van der Waals surface area contributed by atoms with Crippen LogP contribution in [0, 0.1) is 5.41 Å². The van der Waals surface area contributed by atoms with Gasteiger partial charge in [-0.3, -0.25) is 15.1 Å². The molecule has 5 rings (SSSR count). The molecular formula is C26H18ClN3O2S. The van der Waals surface area contributed by atoms with Gasteiger partial charge in [0.25, 0.3) is 5.91 Å². The third-order valence-electron chi connectivity index (χ3n) is 5.21. The number of halogens is 1. The second kappa shape index (κ2) is 9.10. The van der Waals surface area contributed by atoms with Crippen LogP contribution in [-0.4, -0.2) is 21.8 Å². The molecule has 0 saturated carbocycles. The summed E-state index contributed by atoms with van der Waals surface area (Å²) in [6.45, 7) is 0.332. The number of fused-ring (bicyclic) bond motifs is 1. The molecule has 3 aromatic carbocycles. The fourth-order valence-electron chi connectivity index (χ4n) is 3.55. The lowest BCUT2D eigenvalue weighted by Crippen LogP contribution is -2.38. The molecule has 33 heavy (non-hydrogen) atoms.